The number of aromatic nitrogens is 3. The molecule has 1 aliphatic carbocycles. The van der Waals surface area contributed by atoms with Crippen LogP contribution in [0.25, 0.3) is 33.3 Å². The number of anilines is 1. The summed E-state index contributed by atoms with van der Waals surface area (Å²) in [5, 5.41) is 3.19. The van der Waals surface area contributed by atoms with Gasteiger partial charge in [-0.3, -0.25) is 4.79 Å². The number of aromatic amines is 1. The zero-order chi connectivity index (χ0) is 26.9. The fourth-order valence-electron chi connectivity index (χ4n) is 4.62. The lowest BCUT2D eigenvalue weighted by Crippen LogP contribution is -2.10. The normalized spacial score (nSPS) is 13.5. The third-order valence-corrected chi connectivity index (χ3v) is 6.79. The standard InChI is InChI=1S/C29H27F3N4O2/c1-3-26(37)36-22-10-19(9-21(12-22)29(30,31)32)20-11-24-25(16-35-28(24)34-15-20)23-13-27(38-2)33-14-18(23)6-4-5-17-7-8-17/h3,9-17H,1,4-8H2,2H3,(H,34,35)(H,36,37). The lowest BCUT2D eigenvalue weighted by atomic mass is 9.96. The molecular formula is C29H27F3N4O2. The maximum atomic E-state index is 13.7. The number of carbonyl (C=O) groups is 1. The van der Waals surface area contributed by atoms with Crippen molar-refractivity contribution in [2.75, 3.05) is 12.4 Å². The van der Waals surface area contributed by atoms with Crippen LogP contribution in [0, 0.1) is 5.92 Å². The van der Waals surface area contributed by atoms with E-state index in [1.807, 2.05) is 24.5 Å². The molecule has 3 heterocycles. The fraction of sp³-hybridized carbons (Fsp3) is 0.276. The predicted molar refractivity (Wildman–Crippen MR) is 141 cm³/mol. The summed E-state index contributed by atoms with van der Waals surface area (Å²) in [4.78, 5) is 23.8. The third kappa shape index (κ3) is 5.56. The van der Waals surface area contributed by atoms with E-state index in [1.165, 1.54) is 31.5 Å². The maximum absolute atomic E-state index is 13.7. The molecule has 0 unspecified atom stereocenters. The van der Waals surface area contributed by atoms with Crippen molar-refractivity contribution in [2.45, 2.75) is 38.3 Å². The van der Waals surface area contributed by atoms with Gasteiger partial charge in [-0.05, 0) is 65.8 Å². The first-order valence-corrected chi connectivity index (χ1v) is 12.4. The number of aryl methyl sites for hydroxylation is 1. The molecule has 0 radical (unpaired) electrons. The molecule has 38 heavy (non-hydrogen) atoms. The summed E-state index contributed by atoms with van der Waals surface area (Å²) < 4.78 is 46.4. The molecule has 1 fully saturated rings. The van der Waals surface area contributed by atoms with Gasteiger partial charge < -0.3 is 15.0 Å². The Labute approximate surface area is 218 Å². The number of carbonyl (C=O) groups excluding carboxylic acids is 1. The van der Waals surface area contributed by atoms with Gasteiger partial charge in [-0.15, -0.1) is 0 Å². The highest BCUT2D eigenvalue weighted by atomic mass is 19.4. The van der Waals surface area contributed by atoms with Crippen LogP contribution in [0.2, 0.25) is 0 Å². The number of amides is 1. The number of nitrogens with zero attached hydrogens (tertiary/aromatic N) is 2. The second kappa shape index (κ2) is 10.3. The Morgan fingerprint density at radius 2 is 1.95 bits per heavy atom. The van der Waals surface area contributed by atoms with Gasteiger partial charge in [0, 0.05) is 46.9 Å². The molecule has 1 saturated carbocycles. The van der Waals surface area contributed by atoms with E-state index in [0.717, 1.165) is 59.0 Å². The molecule has 0 saturated heterocycles. The minimum absolute atomic E-state index is 0.0194. The lowest BCUT2D eigenvalue weighted by molar-refractivity contribution is -0.137. The molecule has 1 aromatic carbocycles. The number of benzene rings is 1. The van der Waals surface area contributed by atoms with Crippen LogP contribution in [0.5, 0.6) is 5.88 Å². The Morgan fingerprint density at radius 1 is 1.13 bits per heavy atom. The Hall–Kier alpha value is -4.14. The predicted octanol–water partition coefficient (Wildman–Crippen LogP) is 7.18. The molecule has 196 valence electrons. The number of ether oxygens (including phenoxy) is 1. The van der Waals surface area contributed by atoms with Crippen molar-refractivity contribution in [3.8, 4) is 28.1 Å². The Morgan fingerprint density at radius 3 is 2.66 bits per heavy atom. The van der Waals surface area contributed by atoms with Crippen molar-refractivity contribution >= 4 is 22.6 Å². The van der Waals surface area contributed by atoms with E-state index >= 15 is 0 Å². The SMILES string of the molecule is C=CC(=O)Nc1cc(-c2cnc3[nH]cc(-c4cc(OC)ncc4CCCC4CC4)c3c2)cc(C(F)(F)F)c1. The Bertz CT molecular complexity index is 1510. The van der Waals surface area contributed by atoms with E-state index in [9.17, 15) is 18.0 Å². The second-order valence-corrected chi connectivity index (χ2v) is 9.53. The smallest absolute Gasteiger partial charge is 0.416 e. The molecule has 0 aliphatic heterocycles. The summed E-state index contributed by atoms with van der Waals surface area (Å²) in [6.07, 6.45) is 7.32. The van der Waals surface area contributed by atoms with Crippen LogP contribution >= 0.6 is 0 Å². The number of alkyl halides is 3. The van der Waals surface area contributed by atoms with E-state index in [2.05, 4.69) is 26.8 Å². The highest BCUT2D eigenvalue weighted by molar-refractivity contribution is 6.00. The van der Waals surface area contributed by atoms with E-state index in [0.29, 0.717) is 17.1 Å². The van der Waals surface area contributed by atoms with E-state index < -0.39 is 17.6 Å². The molecule has 1 aliphatic rings. The van der Waals surface area contributed by atoms with Crippen LogP contribution in [0.15, 0.2) is 61.6 Å². The van der Waals surface area contributed by atoms with Gasteiger partial charge >= 0.3 is 6.18 Å². The quantitative estimate of drug-likeness (QED) is 0.229. The largest absolute Gasteiger partial charge is 0.481 e. The highest BCUT2D eigenvalue weighted by Gasteiger charge is 2.31. The average molecular weight is 521 g/mol. The average Bonchev–Trinajstić information content (AvgIpc) is 3.64. The second-order valence-electron chi connectivity index (χ2n) is 9.53. The van der Waals surface area contributed by atoms with Crippen molar-refractivity contribution in [3.05, 3.63) is 72.7 Å². The van der Waals surface area contributed by atoms with Gasteiger partial charge in [-0.2, -0.15) is 13.2 Å². The topological polar surface area (TPSA) is 79.9 Å². The number of rotatable bonds is 9. The summed E-state index contributed by atoms with van der Waals surface area (Å²) in [5.41, 5.74) is 3.39. The molecule has 4 aromatic rings. The summed E-state index contributed by atoms with van der Waals surface area (Å²) in [6, 6.07) is 7.14. The van der Waals surface area contributed by atoms with Crippen molar-refractivity contribution in [2.24, 2.45) is 5.92 Å². The minimum atomic E-state index is -4.59. The number of nitrogens with one attached hydrogen (secondary N) is 2. The summed E-state index contributed by atoms with van der Waals surface area (Å²) in [5.74, 6) is 0.709. The van der Waals surface area contributed by atoms with Gasteiger partial charge in [-0.1, -0.05) is 25.8 Å². The summed E-state index contributed by atoms with van der Waals surface area (Å²) in [6.45, 7) is 3.36. The number of methoxy groups -OCH3 is 1. The molecule has 9 heteroatoms. The fourth-order valence-corrected chi connectivity index (χ4v) is 4.62. The van der Waals surface area contributed by atoms with Crippen LogP contribution in [-0.2, 0) is 17.4 Å². The minimum Gasteiger partial charge on any atom is -0.481 e. The molecular weight excluding hydrogens is 493 g/mol. The first-order valence-electron chi connectivity index (χ1n) is 12.4. The maximum Gasteiger partial charge on any atom is 0.416 e. The molecule has 0 atom stereocenters. The highest BCUT2D eigenvalue weighted by Crippen LogP contribution is 2.39. The Kier molecular flexibility index (Phi) is 6.93. The van der Waals surface area contributed by atoms with Gasteiger partial charge in [0.15, 0.2) is 0 Å². The van der Waals surface area contributed by atoms with Crippen LogP contribution in [0.4, 0.5) is 18.9 Å². The van der Waals surface area contributed by atoms with Crippen molar-refractivity contribution in [1.29, 1.82) is 0 Å². The number of hydrogen-bond acceptors (Lipinski definition) is 4. The van der Waals surface area contributed by atoms with Gasteiger partial charge in [-0.25, -0.2) is 9.97 Å². The van der Waals surface area contributed by atoms with Gasteiger partial charge in [0.05, 0.1) is 12.7 Å². The number of H-pyrrole nitrogens is 1. The third-order valence-electron chi connectivity index (χ3n) is 6.79. The Balaban J connectivity index is 1.58. The molecule has 0 spiro atoms. The van der Waals surface area contributed by atoms with Crippen LogP contribution in [-0.4, -0.2) is 28.0 Å². The van der Waals surface area contributed by atoms with Crippen molar-refractivity contribution in [1.82, 2.24) is 15.0 Å². The zero-order valence-electron chi connectivity index (χ0n) is 20.9. The number of hydrogen-bond donors (Lipinski definition) is 2. The lowest BCUT2D eigenvalue weighted by Gasteiger charge is -2.13. The zero-order valence-corrected chi connectivity index (χ0v) is 20.9. The molecule has 2 N–H and O–H groups in total. The van der Waals surface area contributed by atoms with E-state index in [4.69, 9.17) is 4.74 Å². The first kappa shape index (κ1) is 25.5. The van der Waals surface area contributed by atoms with Crippen LogP contribution in [0.1, 0.15) is 36.8 Å². The monoisotopic (exact) mass is 520 g/mol. The van der Waals surface area contributed by atoms with Crippen LogP contribution in [0.3, 0.4) is 0 Å². The van der Waals surface area contributed by atoms with E-state index in [1.54, 1.807) is 7.11 Å². The van der Waals surface area contributed by atoms with Crippen molar-refractivity contribution in [3.63, 3.8) is 0 Å². The number of pyridine rings is 2. The number of halogens is 3. The van der Waals surface area contributed by atoms with Gasteiger partial charge in [0.2, 0.25) is 11.8 Å². The molecule has 5 rings (SSSR count). The summed E-state index contributed by atoms with van der Waals surface area (Å²) in [7, 11) is 1.56. The van der Waals surface area contributed by atoms with Gasteiger partial charge in [0.1, 0.15) is 5.65 Å². The first-order chi connectivity index (χ1) is 18.2. The van der Waals surface area contributed by atoms with Gasteiger partial charge in [0.25, 0.3) is 0 Å². The molecule has 3 aromatic heterocycles. The van der Waals surface area contributed by atoms with Crippen molar-refractivity contribution < 1.29 is 22.7 Å². The molecule has 0 bridgehead atoms. The molecule has 6 nitrogen and oxygen atoms in total. The van der Waals surface area contributed by atoms with Crippen LogP contribution < -0.4 is 10.1 Å². The summed E-state index contributed by atoms with van der Waals surface area (Å²) >= 11 is 0. The number of fused-ring (bicyclic) bond motifs is 1. The molecule has 1 amide bonds. The van der Waals surface area contributed by atoms with E-state index in [-0.39, 0.29) is 11.3 Å².